The Morgan fingerprint density at radius 1 is 1.47 bits per heavy atom. The molecule has 0 aromatic carbocycles. The van der Waals surface area contributed by atoms with Crippen LogP contribution in [0.4, 0.5) is 5.82 Å². The van der Waals surface area contributed by atoms with Gasteiger partial charge < -0.3 is 5.32 Å². The van der Waals surface area contributed by atoms with E-state index in [0.29, 0.717) is 17.9 Å². The zero-order valence-electron chi connectivity index (χ0n) is 8.94. The van der Waals surface area contributed by atoms with Crippen LogP contribution in [-0.4, -0.2) is 45.5 Å². The smallest absolute Gasteiger partial charge is 0.203 e. The monoisotopic (exact) mass is 253 g/mol. The first-order chi connectivity index (χ1) is 8.14. The van der Waals surface area contributed by atoms with Gasteiger partial charge in [-0.15, -0.1) is 10.2 Å². The number of sulfone groups is 1. The fourth-order valence-corrected chi connectivity index (χ4v) is 3.64. The second-order valence-electron chi connectivity index (χ2n) is 4.08. The Balaban J connectivity index is 1.88. The van der Waals surface area contributed by atoms with Crippen molar-refractivity contribution in [2.75, 3.05) is 16.8 Å². The maximum atomic E-state index is 11.4. The number of nitrogens with one attached hydrogen (secondary N) is 1. The maximum Gasteiger partial charge on any atom is 0.203 e. The molecule has 17 heavy (non-hydrogen) atoms. The molecular weight excluding hydrogens is 242 g/mol. The molecule has 1 N–H and O–H groups in total. The summed E-state index contributed by atoms with van der Waals surface area (Å²) in [6, 6.07) is -0.0876. The van der Waals surface area contributed by atoms with Crippen molar-refractivity contribution in [1.29, 1.82) is 0 Å². The van der Waals surface area contributed by atoms with Gasteiger partial charge in [0, 0.05) is 18.4 Å². The van der Waals surface area contributed by atoms with E-state index in [4.69, 9.17) is 0 Å². The molecular formula is C9H11N5O2S. The van der Waals surface area contributed by atoms with E-state index < -0.39 is 9.84 Å². The van der Waals surface area contributed by atoms with Gasteiger partial charge in [0.05, 0.1) is 11.5 Å². The zero-order chi connectivity index (χ0) is 11.9. The predicted molar refractivity (Wildman–Crippen MR) is 61.5 cm³/mol. The molecule has 1 aliphatic heterocycles. The molecule has 1 unspecified atom stereocenters. The van der Waals surface area contributed by atoms with Crippen LogP contribution in [-0.2, 0) is 9.84 Å². The van der Waals surface area contributed by atoms with E-state index in [2.05, 4.69) is 20.5 Å². The van der Waals surface area contributed by atoms with Crippen LogP contribution < -0.4 is 5.32 Å². The maximum absolute atomic E-state index is 11.4. The lowest BCUT2D eigenvalue weighted by atomic mass is 10.2. The lowest BCUT2D eigenvalue weighted by Gasteiger charge is -2.11. The summed E-state index contributed by atoms with van der Waals surface area (Å²) >= 11 is 0. The number of hydrogen-bond acceptors (Lipinski definition) is 6. The van der Waals surface area contributed by atoms with Crippen molar-refractivity contribution >= 4 is 21.3 Å². The largest absolute Gasteiger partial charge is 0.363 e. The molecule has 0 saturated carbocycles. The number of hydrogen-bond donors (Lipinski definition) is 1. The molecule has 0 bridgehead atoms. The molecule has 90 valence electrons. The molecule has 1 fully saturated rings. The summed E-state index contributed by atoms with van der Waals surface area (Å²) in [5.41, 5.74) is 0.608. The molecule has 1 atom stereocenters. The standard InChI is InChI=1S/C9H11N5O2S/c15-17(16)4-1-7(5-17)12-8-9-13-11-6-14(9)3-2-10-8/h2-3,6-7H,1,4-5H2,(H,10,12). The normalized spacial score (nSPS) is 22.9. The Bertz CT molecular complexity index is 650. The summed E-state index contributed by atoms with van der Waals surface area (Å²) in [7, 11) is -2.89. The first-order valence-electron chi connectivity index (χ1n) is 5.25. The topological polar surface area (TPSA) is 89.2 Å². The Kier molecular flexibility index (Phi) is 2.25. The minimum Gasteiger partial charge on any atom is -0.363 e. The van der Waals surface area contributed by atoms with E-state index in [1.807, 2.05) is 0 Å². The van der Waals surface area contributed by atoms with Crippen molar-refractivity contribution in [3.63, 3.8) is 0 Å². The Morgan fingerprint density at radius 2 is 2.35 bits per heavy atom. The van der Waals surface area contributed by atoms with Gasteiger partial charge in [-0.25, -0.2) is 13.4 Å². The molecule has 7 nitrogen and oxygen atoms in total. The van der Waals surface area contributed by atoms with Crippen molar-refractivity contribution in [3.8, 4) is 0 Å². The van der Waals surface area contributed by atoms with Crippen LogP contribution in [0.2, 0.25) is 0 Å². The Hall–Kier alpha value is -1.70. The lowest BCUT2D eigenvalue weighted by Crippen LogP contribution is -2.21. The van der Waals surface area contributed by atoms with Crippen molar-refractivity contribution in [1.82, 2.24) is 19.6 Å². The van der Waals surface area contributed by atoms with E-state index in [9.17, 15) is 8.42 Å². The van der Waals surface area contributed by atoms with Crippen molar-refractivity contribution in [2.24, 2.45) is 0 Å². The Morgan fingerprint density at radius 3 is 3.12 bits per heavy atom. The molecule has 1 saturated heterocycles. The van der Waals surface area contributed by atoms with Crippen molar-refractivity contribution in [3.05, 3.63) is 18.7 Å². The van der Waals surface area contributed by atoms with Crippen LogP contribution in [0.1, 0.15) is 6.42 Å². The van der Waals surface area contributed by atoms with E-state index in [1.54, 1.807) is 23.1 Å². The third-order valence-electron chi connectivity index (χ3n) is 2.79. The SMILES string of the molecule is O=S1(=O)CCC(Nc2nccn3cnnc23)C1. The average Bonchev–Trinajstić information content (AvgIpc) is 2.85. The van der Waals surface area contributed by atoms with E-state index in [0.717, 1.165) is 0 Å². The minimum absolute atomic E-state index is 0.0876. The summed E-state index contributed by atoms with van der Waals surface area (Å²) in [5.74, 6) is 0.969. The van der Waals surface area contributed by atoms with E-state index in [1.165, 1.54) is 0 Å². The molecule has 2 aromatic heterocycles. The van der Waals surface area contributed by atoms with Gasteiger partial charge in [0.25, 0.3) is 0 Å². The van der Waals surface area contributed by atoms with Crippen LogP contribution in [0, 0.1) is 0 Å². The molecule has 2 aromatic rings. The van der Waals surface area contributed by atoms with Crippen LogP contribution >= 0.6 is 0 Å². The van der Waals surface area contributed by atoms with Gasteiger partial charge in [0.1, 0.15) is 6.33 Å². The number of rotatable bonds is 2. The first kappa shape index (κ1) is 10.5. The summed E-state index contributed by atoms with van der Waals surface area (Å²) in [5, 5.41) is 10.8. The predicted octanol–water partition coefficient (Wildman–Crippen LogP) is -0.277. The van der Waals surface area contributed by atoms with Crippen LogP contribution in [0.5, 0.6) is 0 Å². The molecule has 1 aliphatic rings. The molecule has 0 amide bonds. The van der Waals surface area contributed by atoms with E-state index >= 15 is 0 Å². The van der Waals surface area contributed by atoms with Gasteiger partial charge in [0.2, 0.25) is 5.65 Å². The number of fused-ring (bicyclic) bond motifs is 1. The number of aromatic nitrogens is 4. The lowest BCUT2D eigenvalue weighted by molar-refractivity contribution is 0.602. The fourth-order valence-electron chi connectivity index (χ4n) is 1.96. The van der Waals surface area contributed by atoms with Gasteiger partial charge in [-0.3, -0.25) is 4.40 Å². The molecule has 3 heterocycles. The van der Waals surface area contributed by atoms with Gasteiger partial charge >= 0.3 is 0 Å². The second kappa shape index (κ2) is 3.66. The fraction of sp³-hybridized carbons (Fsp3) is 0.444. The zero-order valence-corrected chi connectivity index (χ0v) is 9.76. The average molecular weight is 253 g/mol. The third kappa shape index (κ3) is 1.95. The molecule has 8 heteroatoms. The molecule has 0 spiro atoms. The molecule has 0 aliphatic carbocycles. The highest BCUT2D eigenvalue weighted by molar-refractivity contribution is 7.91. The van der Waals surface area contributed by atoms with Crippen LogP contribution in [0.25, 0.3) is 5.65 Å². The highest BCUT2D eigenvalue weighted by atomic mass is 32.2. The van der Waals surface area contributed by atoms with Gasteiger partial charge in [-0.2, -0.15) is 0 Å². The second-order valence-corrected chi connectivity index (χ2v) is 6.31. The summed E-state index contributed by atoms with van der Waals surface area (Å²) in [4.78, 5) is 4.16. The Labute approximate surface area is 97.8 Å². The number of nitrogens with zero attached hydrogens (tertiary/aromatic N) is 4. The highest BCUT2D eigenvalue weighted by Crippen LogP contribution is 2.18. The van der Waals surface area contributed by atoms with Crippen LogP contribution in [0.3, 0.4) is 0 Å². The highest BCUT2D eigenvalue weighted by Gasteiger charge is 2.28. The van der Waals surface area contributed by atoms with E-state index in [-0.39, 0.29) is 17.5 Å². The first-order valence-corrected chi connectivity index (χ1v) is 7.07. The van der Waals surface area contributed by atoms with Gasteiger partial charge in [-0.05, 0) is 6.42 Å². The number of anilines is 1. The summed E-state index contributed by atoms with van der Waals surface area (Å²) in [6.07, 6.45) is 5.56. The molecule has 3 rings (SSSR count). The van der Waals surface area contributed by atoms with Crippen molar-refractivity contribution < 1.29 is 8.42 Å². The summed E-state index contributed by atoms with van der Waals surface area (Å²) in [6.45, 7) is 0. The third-order valence-corrected chi connectivity index (χ3v) is 4.56. The summed E-state index contributed by atoms with van der Waals surface area (Å²) < 4.78 is 24.4. The molecule has 0 radical (unpaired) electrons. The van der Waals surface area contributed by atoms with Crippen molar-refractivity contribution in [2.45, 2.75) is 12.5 Å². The van der Waals surface area contributed by atoms with Crippen LogP contribution in [0.15, 0.2) is 18.7 Å². The quantitative estimate of drug-likeness (QED) is 0.792. The van der Waals surface area contributed by atoms with Gasteiger partial charge in [-0.1, -0.05) is 0 Å². The minimum atomic E-state index is -2.89. The van der Waals surface area contributed by atoms with Gasteiger partial charge in [0.15, 0.2) is 15.7 Å².